The van der Waals surface area contributed by atoms with Crippen molar-refractivity contribution in [1.29, 1.82) is 0 Å². The molecular weight excluding hydrogens is 633 g/mol. The van der Waals surface area contributed by atoms with Crippen LogP contribution in [0.3, 0.4) is 0 Å². The van der Waals surface area contributed by atoms with Gasteiger partial charge in [0.15, 0.2) is 0 Å². The van der Waals surface area contributed by atoms with Gasteiger partial charge in [0.25, 0.3) is 0 Å². The van der Waals surface area contributed by atoms with E-state index in [2.05, 4.69) is 13.8 Å². The Hall–Kier alpha value is -4.58. The van der Waals surface area contributed by atoms with Gasteiger partial charge in [0.1, 0.15) is 18.2 Å². The van der Waals surface area contributed by atoms with Crippen LogP contribution in [0.4, 0.5) is 21.0 Å². The number of hydrogen-bond acceptors (Lipinski definition) is 4. The minimum atomic E-state index is -0.542. The summed E-state index contributed by atoms with van der Waals surface area (Å²) in [5.74, 6) is 1.11. The number of benzene rings is 4. The average Bonchev–Trinajstić information content (AvgIpc) is 3.30. The monoisotopic (exact) mass is 688 g/mol. The van der Waals surface area contributed by atoms with E-state index in [0.717, 1.165) is 60.8 Å². The Kier molecular flexibility index (Phi) is 15.0. The molecule has 0 spiro atoms. The average molecular weight is 689 g/mol. The number of ether oxygens (including phenoxy) is 2. The number of nitrogens with zero attached hydrogens (tertiary/aromatic N) is 2. The first-order valence-electron chi connectivity index (χ1n) is 19.4. The Morgan fingerprint density at radius 3 is 1.25 bits per heavy atom. The molecule has 0 radical (unpaired) electrons. The van der Waals surface area contributed by atoms with E-state index >= 15 is 0 Å². The number of unbranched alkanes of at least 4 members (excludes halogenated alkanes) is 12. The lowest BCUT2D eigenvalue weighted by Crippen LogP contribution is -2.46. The Morgan fingerprint density at radius 1 is 0.471 bits per heavy atom. The summed E-state index contributed by atoms with van der Waals surface area (Å²) in [6.07, 6.45) is 17.7. The second-order valence-electron chi connectivity index (χ2n) is 13.7. The fourth-order valence-corrected chi connectivity index (χ4v) is 6.94. The topological polar surface area (TPSA) is 59.1 Å². The van der Waals surface area contributed by atoms with Crippen molar-refractivity contribution in [3.05, 3.63) is 108 Å². The van der Waals surface area contributed by atoms with Crippen LogP contribution in [0.1, 0.15) is 115 Å². The fourth-order valence-electron chi connectivity index (χ4n) is 6.94. The van der Waals surface area contributed by atoms with Crippen LogP contribution in [0.25, 0.3) is 11.1 Å². The third-order valence-electron chi connectivity index (χ3n) is 9.84. The predicted octanol–water partition coefficient (Wildman–Crippen LogP) is 12.9. The number of para-hydroxylation sites is 4. The maximum absolute atomic E-state index is 14.2. The Balaban J connectivity index is 1.33. The molecule has 0 atom stereocenters. The smallest absolute Gasteiger partial charge is 0.410 e. The number of aryl methyl sites for hydroxylation is 2. The summed E-state index contributed by atoms with van der Waals surface area (Å²) < 4.78 is 12.3. The normalized spacial score (nSPS) is 12.2. The zero-order valence-corrected chi connectivity index (χ0v) is 30.8. The molecule has 2 amide bonds. The largest absolute Gasteiger partial charge is 0.421 e. The summed E-state index contributed by atoms with van der Waals surface area (Å²) in [5.41, 5.74) is 5.06. The molecule has 0 saturated carbocycles. The second kappa shape index (κ2) is 20.3. The maximum Gasteiger partial charge on any atom is 0.421 e. The van der Waals surface area contributed by atoms with Crippen LogP contribution >= 0.6 is 0 Å². The lowest BCUT2D eigenvalue weighted by Gasteiger charge is -2.28. The highest BCUT2D eigenvalue weighted by Gasteiger charge is 2.33. The van der Waals surface area contributed by atoms with Crippen LogP contribution in [0.2, 0.25) is 0 Å². The summed E-state index contributed by atoms with van der Waals surface area (Å²) >= 11 is 0. The van der Waals surface area contributed by atoms with Gasteiger partial charge in [-0.15, -0.1) is 0 Å². The summed E-state index contributed by atoms with van der Waals surface area (Å²) in [7, 11) is 0. The Labute approximate surface area is 305 Å². The van der Waals surface area contributed by atoms with Gasteiger partial charge in [0.05, 0.1) is 11.4 Å². The molecule has 0 N–H and O–H groups in total. The lowest BCUT2D eigenvalue weighted by atomic mass is 10.0. The Bertz CT molecular complexity index is 1560. The van der Waals surface area contributed by atoms with E-state index in [1.165, 1.54) is 64.2 Å². The molecule has 4 aromatic carbocycles. The van der Waals surface area contributed by atoms with Gasteiger partial charge in [-0.25, -0.2) is 9.59 Å². The molecule has 0 unspecified atom stereocenters. The van der Waals surface area contributed by atoms with Gasteiger partial charge in [-0.05, 0) is 61.1 Å². The van der Waals surface area contributed by atoms with Gasteiger partial charge in [-0.3, -0.25) is 9.80 Å². The van der Waals surface area contributed by atoms with Crippen molar-refractivity contribution in [2.24, 2.45) is 0 Å². The van der Waals surface area contributed by atoms with E-state index in [0.29, 0.717) is 22.9 Å². The van der Waals surface area contributed by atoms with Crippen molar-refractivity contribution < 1.29 is 19.1 Å². The van der Waals surface area contributed by atoms with Gasteiger partial charge in [0, 0.05) is 11.1 Å². The molecule has 0 saturated heterocycles. The highest BCUT2D eigenvalue weighted by molar-refractivity contribution is 6.04. The highest BCUT2D eigenvalue weighted by Crippen LogP contribution is 2.41. The van der Waals surface area contributed by atoms with Crippen LogP contribution in [-0.4, -0.2) is 18.9 Å². The third-order valence-corrected chi connectivity index (χ3v) is 9.84. The molecule has 0 fully saturated rings. The van der Waals surface area contributed by atoms with E-state index in [-0.39, 0.29) is 6.67 Å². The molecule has 270 valence electrons. The molecule has 5 rings (SSSR count). The first kappa shape index (κ1) is 37.7. The summed E-state index contributed by atoms with van der Waals surface area (Å²) in [4.78, 5) is 31.5. The van der Waals surface area contributed by atoms with E-state index < -0.39 is 12.2 Å². The third kappa shape index (κ3) is 10.7. The van der Waals surface area contributed by atoms with Gasteiger partial charge < -0.3 is 9.47 Å². The first-order chi connectivity index (χ1) is 25.1. The molecule has 4 aromatic rings. The summed E-state index contributed by atoms with van der Waals surface area (Å²) in [6.45, 7) is 4.41. The number of carbonyl (C=O) groups excluding carboxylic acids is 2. The molecule has 0 aliphatic carbocycles. The van der Waals surface area contributed by atoms with Crippen LogP contribution in [0, 0.1) is 0 Å². The van der Waals surface area contributed by atoms with Crippen LogP contribution in [0.5, 0.6) is 11.5 Å². The zero-order chi connectivity index (χ0) is 35.7. The molecule has 1 heterocycles. The number of amides is 2. The molecule has 0 aromatic heterocycles. The molecule has 0 bridgehead atoms. The molecular formula is C45H56N2O4. The number of rotatable bonds is 18. The van der Waals surface area contributed by atoms with Crippen molar-refractivity contribution in [2.75, 3.05) is 16.5 Å². The standard InChI is InChI=1S/C45H56N2O4/c1-3-5-7-9-11-13-15-25-36-27-17-23-33-42(36)50-44(48)46-35-47(41-32-22-20-30-39(41)38-29-19-21-31-40(38)46)45(49)51-43-34-24-18-28-37(43)26-16-14-12-10-8-6-4-2/h17-24,27-34H,3-16,25-26,35H2,1-2H3. The lowest BCUT2D eigenvalue weighted by molar-refractivity contribution is 0.202. The molecule has 6 nitrogen and oxygen atoms in total. The summed E-state index contributed by atoms with van der Waals surface area (Å²) in [6, 6.07) is 31.1. The Morgan fingerprint density at radius 2 is 0.824 bits per heavy atom. The molecule has 51 heavy (non-hydrogen) atoms. The van der Waals surface area contributed by atoms with E-state index in [4.69, 9.17) is 9.47 Å². The van der Waals surface area contributed by atoms with Crippen molar-refractivity contribution >= 4 is 23.6 Å². The fraction of sp³-hybridized carbons (Fsp3) is 0.422. The predicted molar refractivity (Wildman–Crippen MR) is 210 cm³/mol. The maximum atomic E-state index is 14.2. The van der Waals surface area contributed by atoms with Crippen molar-refractivity contribution in [2.45, 2.75) is 117 Å². The van der Waals surface area contributed by atoms with Crippen LogP contribution < -0.4 is 19.3 Å². The van der Waals surface area contributed by atoms with Crippen LogP contribution in [-0.2, 0) is 12.8 Å². The van der Waals surface area contributed by atoms with Crippen LogP contribution in [0.15, 0.2) is 97.1 Å². The van der Waals surface area contributed by atoms with Gasteiger partial charge in [-0.2, -0.15) is 0 Å². The highest BCUT2D eigenvalue weighted by atomic mass is 16.6. The molecule has 6 heteroatoms. The van der Waals surface area contributed by atoms with E-state index in [1.54, 1.807) is 9.80 Å². The van der Waals surface area contributed by atoms with Crippen molar-refractivity contribution in [1.82, 2.24) is 0 Å². The molecule has 1 aliphatic heterocycles. The van der Waals surface area contributed by atoms with Gasteiger partial charge in [-0.1, -0.05) is 164 Å². The van der Waals surface area contributed by atoms with Gasteiger partial charge in [0.2, 0.25) is 0 Å². The number of anilines is 2. The van der Waals surface area contributed by atoms with E-state index in [1.807, 2.05) is 97.1 Å². The second-order valence-corrected chi connectivity index (χ2v) is 13.7. The molecule has 1 aliphatic rings. The van der Waals surface area contributed by atoms with Crippen molar-refractivity contribution in [3.63, 3.8) is 0 Å². The number of carbonyl (C=O) groups is 2. The summed E-state index contributed by atoms with van der Waals surface area (Å²) in [5, 5.41) is 0. The first-order valence-corrected chi connectivity index (χ1v) is 19.4. The van der Waals surface area contributed by atoms with Crippen molar-refractivity contribution in [3.8, 4) is 22.6 Å². The quantitative estimate of drug-likeness (QED) is 0.0976. The number of hydrogen-bond donors (Lipinski definition) is 0. The van der Waals surface area contributed by atoms with Gasteiger partial charge >= 0.3 is 12.2 Å². The van der Waals surface area contributed by atoms with E-state index in [9.17, 15) is 9.59 Å². The number of fused-ring (bicyclic) bond motifs is 3. The minimum absolute atomic E-state index is 0.0639. The minimum Gasteiger partial charge on any atom is -0.410 e. The zero-order valence-electron chi connectivity index (χ0n) is 30.8. The SMILES string of the molecule is CCCCCCCCCc1ccccc1OC(=O)N1CN(C(=O)Oc2ccccc2CCCCCCCCC)c2ccccc2-c2ccccc21.